The quantitative estimate of drug-likeness (QED) is 0.301. The summed E-state index contributed by atoms with van der Waals surface area (Å²) in [7, 11) is 0. The Labute approximate surface area is 210 Å². The molecule has 0 spiro atoms. The molecule has 0 nitrogen and oxygen atoms in total. The maximum absolute atomic E-state index is 2.57. The molecule has 0 radical (unpaired) electrons. The fraction of sp³-hybridized carbons (Fsp3) is 0.939. The van der Waals surface area contributed by atoms with Crippen molar-refractivity contribution in [3.8, 4) is 0 Å². The first-order valence-electron chi connectivity index (χ1n) is 15.2. The largest absolute Gasteiger partial charge is 0.0880 e. The minimum atomic E-state index is 0.484. The SMILES string of the molecule is CC(CCC1CCCCCC(C)C(C)CC(C)(C)C(C)C1)CC1CC1C=CCC(C)C(C)C. The summed E-state index contributed by atoms with van der Waals surface area (Å²) in [4.78, 5) is 0. The molecule has 0 bridgehead atoms. The van der Waals surface area contributed by atoms with Crippen LogP contribution in [-0.4, -0.2) is 0 Å². The van der Waals surface area contributed by atoms with Crippen molar-refractivity contribution >= 4 is 0 Å². The van der Waals surface area contributed by atoms with Crippen molar-refractivity contribution in [3.63, 3.8) is 0 Å². The standard InChI is InChI=1S/C33H62/c1-24(2)26(4)15-13-17-31-22-32(31)20-25(3)18-19-30-16-12-10-11-14-27(5)28(6)23-33(8,9)29(7)21-30/h13,17,24-32H,10-12,14-16,18-23H2,1-9H3. The predicted octanol–water partition coefficient (Wildman–Crippen LogP) is 11.0. The summed E-state index contributed by atoms with van der Waals surface area (Å²) >= 11 is 0. The molecule has 0 heteroatoms. The van der Waals surface area contributed by atoms with Gasteiger partial charge in [-0.05, 0) is 90.8 Å². The van der Waals surface area contributed by atoms with Crippen molar-refractivity contribution < 1.29 is 0 Å². The van der Waals surface area contributed by atoms with Gasteiger partial charge >= 0.3 is 0 Å². The highest BCUT2D eigenvalue weighted by atomic mass is 14.4. The Hall–Kier alpha value is -0.260. The van der Waals surface area contributed by atoms with E-state index in [0.29, 0.717) is 5.41 Å². The van der Waals surface area contributed by atoms with Gasteiger partial charge in [-0.3, -0.25) is 0 Å². The van der Waals surface area contributed by atoms with E-state index in [2.05, 4.69) is 74.5 Å². The summed E-state index contributed by atoms with van der Waals surface area (Å²) in [5.74, 6) is 8.00. The molecule has 0 saturated heterocycles. The molecule has 194 valence electrons. The summed E-state index contributed by atoms with van der Waals surface area (Å²) < 4.78 is 0. The van der Waals surface area contributed by atoms with Gasteiger partial charge in [0.15, 0.2) is 0 Å². The molecule has 2 fully saturated rings. The van der Waals surface area contributed by atoms with Crippen molar-refractivity contribution in [2.45, 2.75) is 139 Å². The van der Waals surface area contributed by atoms with E-state index in [0.717, 1.165) is 53.3 Å². The van der Waals surface area contributed by atoms with Crippen molar-refractivity contribution in [2.24, 2.45) is 58.7 Å². The molecule has 8 atom stereocenters. The van der Waals surface area contributed by atoms with E-state index in [1.807, 2.05) is 0 Å². The van der Waals surface area contributed by atoms with Crippen molar-refractivity contribution in [1.29, 1.82) is 0 Å². The molecule has 8 unspecified atom stereocenters. The van der Waals surface area contributed by atoms with Crippen molar-refractivity contribution in [3.05, 3.63) is 12.2 Å². The van der Waals surface area contributed by atoms with Crippen molar-refractivity contribution in [2.75, 3.05) is 0 Å². The molecule has 2 saturated carbocycles. The Morgan fingerprint density at radius 3 is 2.27 bits per heavy atom. The molecule has 0 amide bonds. The molecule has 2 rings (SSSR count). The second kappa shape index (κ2) is 13.7. The van der Waals surface area contributed by atoms with Crippen LogP contribution in [0.15, 0.2) is 12.2 Å². The molecular formula is C33H62. The van der Waals surface area contributed by atoms with E-state index in [-0.39, 0.29) is 0 Å². The number of allylic oxidation sites excluding steroid dienone is 2. The summed E-state index contributed by atoms with van der Waals surface area (Å²) in [5.41, 5.74) is 0.484. The first kappa shape index (κ1) is 29.0. The zero-order valence-corrected chi connectivity index (χ0v) is 24.3. The van der Waals surface area contributed by atoms with Gasteiger partial charge in [0.25, 0.3) is 0 Å². The maximum atomic E-state index is 2.57. The van der Waals surface area contributed by atoms with Crippen LogP contribution in [0.25, 0.3) is 0 Å². The van der Waals surface area contributed by atoms with E-state index in [4.69, 9.17) is 0 Å². The lowest BCUT2D eigenvalue weighted by molar-refractivity contribution is 0.122. The van der Waals surface area contributed by atoms with E-state index >= 15 is 0 Å². The summed E-state index contributed by atoms with van der Waals surface area (Å²) in [6, 6.07) is 0. The highest BCUT2D eigenvalue weighted by Gasteiger charge is 2.36. The molecule has 33 heavy (non-hydrogen) atoms. The number of hydrogen-bond donors (Lipinski definition) is 0. The molecule has 2 aliphatic rings. The lowest BCUT2D eigenvalue weighted by Crippen LogP contribution is -2.28. The van der Waals surface area contributed by atoms with Gasteiger partial charge in [-0.25, -0.2) is 0 Å². The van der Waals surface area contributed by atoms with Crippen LogP contribution in [0.3, 0.4) is 0 Å². The highest BCUT2D eigenvalue weighted by Crippen LogP contribution is 2.46. The highest BCUT2D eigenvalue weighted by molar-refractivity contribution is 5.02. The van der Waals surface area contributed by atoms with Crippen molar-refractivity contribution in [1.82, 2.24) is 0 Å². The minimum absolute atomic E-state index is 0.484. The van der Waals surface area contributed by atoms with Crippen LogP contribution >= 0.6 is 0 Å². The van der Waals surface area contributed by atoms with Crippen LogP contribution in [0.5, 0.6) is 0 Å². The molecule has 0 aromatic heterocycles. The van der Waals surface area contributed by atoms with Crippen LogP contribution in [0.2, 0.25) is 0 Å². The normalized spacial score (nSPS) is 35.7. The van der Waals surface area contributed by atoms with Crippen LogP contribution < -0.4 is 0 Å². The fourth-order valence-corrected chi connectivity index (χ4v) is 6.46. The molecule has 0 heterocycles. The van der Waals surface area contributed by atoms with Crippen LogP contribution in [0.4, 0.5) is 0 Å². The smallest absolute Gasteiger partial charge is 0.0202 e. The van der Waals surface area contributed by atoms with Crippen LogP contribution in [0, 0.1) is 58.7 Å². The Balaban J connectivity index is 1.78. The Bertz CT molecular complexity index is 554. The second-order valence-electron chi connectivity index (χ2n) is 14.3. The molecule has 2 aliphatic carbocycles. The third-order valence-corrected chi connectivity index (χ3v) is 10.4. The lowest BCUT2D eigenvalue weighted by atomic mass is 9.67. The average molecular weight is 459 g/mol. The Kier molecular flexibility index (Phi) is 12.1. The molecule has 0 N–H and O–H groups in total. The molecule has 0 aromatic carbocycles. The fourth-order valence-electron chi connectivity index (χ4n) is 6.46. The first-order chi connectivity index (χ1) is 15.5. The third-order valence-electron chi connectivity index (χ3n) is 10.4. The first-order valence-corrected chi connectivity index (χ1v) is 15.2. The van der Waals surface area contributed by atoms with Crippen LogP contribution in [-0.2, 0) is 0 Å². The monoisotopic (exact) mass is 458 g/mol. The van der Waals surface area contributed by atoms with E-state index in [1.165, 1.54) is 77.0 Å². The lowest BCUT2D eigenvalue weighted by Gasteiger charge is -2.38. The number of hydrogen-bond acceptors (Lipinski definition) is 0. The summed E-state index contributed by atoms with van der Waals surface area (Å²) in [6.07, 6.45) is 22.4. The predicted molar refractivity (Wildman–Crippen MR) is 149 cm³/mol. The van der Waals surface area contributed by atoms with Gasteiger partial charge in [0.2, 0.25) is 0 Å². The van der Waals surface area contributed by atoms with E-state index in [9.17, 15) is 0 Å². The molecule has 0 aromatic rings. The van der Waals surface area contributed by atoms with Crippen LogP contribution in [0.1, 0.15) is 139 Å². The minimum Gasteiger partial charge on any atom is -0.0880 e. The summed E-state index contributed by atoms with van der Waals surface area (Å²) in [5, 5.41) is 0. The van der Waals surface area contributed by atoms with Gasteiger partial charge in [-0.15, -0.1) is 0 Å². The molecule has 0 aliphatic heterocycles. The van der Waals surface area contributed by atoms with Gasteiger partial charge in [0.05, 0.1) is 0 Å². The zero-order chi connectivity index (χ0) is 24.6. The van der Waals surface area contributed by atoms with Gasteiger partial charge in [-0.2, -0.15) is 0 Å². The Morgan fingerprint density at radius 2 is 1.58 bits per heavy atom. The van der Waals surface area contributed by atoms with Gasteiger partial charge < -0.3 is 0 Å². The van der Waals surface area contributed by atoms with Gasteiger partial charge in [0, 0.05) is 0 Å². The van der Waals surface area contributed by atoms with E-state index in [1.54, 1.807) is 0 Å². The third kappa shape index (κ3) is 10.5. The average Bonchev–Trinajstić information content (AvgIpc) is 3.47. The van der Waals surface area contributed by atoms with Gasteiger partial charge in [0.1, 0.15) is 0 Å². The zero-order valence-electron chi connectivity index (χ0n) is 24.3. The molecular weight excluding hydrogens is 396 g/mol. The maximum Gasteiger partial charge on any atom is -0.0202 e. The van der Waals surface area contributed by atoms with Gasteiger partial charge in [-0.1, -0.05) is 119 Å². The second-order valence-corrected chi connectivity index (χ2v) is 14.3. The topological polar surface area (TPSA) is 0 Å². The number of rotatable bonds is 9. The van der Waals surface area contributed by atoms with E-state index < -0.39 is 0 Å². The summed E-state index contributed by atoms with van der Waals surface area (Å²) in [6.45, 7) is 22.4. The Morgan fingerprint density at radius 1 is 0.879 bits per heavy atom.